The molecule has 15 heavy (non-hydrogen) atoms. The SMILES string of the molecule is CC1CN(CCCCCCS)CCC1O. The molecule has 3 heteroatoms. The van der Waals surface area contributed by atoms with Gasteiger partial charge in [0.15, 0.2) is 0 Å². The van der Waals surface area contributed by atoms with Crippen LogP contribution in [0.3, 0.4) is 0 Å². The summed E-state index contributed by atoms with van der Waals surface area (Å²) in [6.07, 6.45) is 6.08. The van der Waals surface area contributed by atoms with E-state index in [4.69, 9.17) is 0 Å². The first kappa shape index (κ1) is 13.3. The van der Waals surface area contributed by atoms with Crippen LogP contribution >= 0.6 is 12.6 Å². The molecule has 0 bridgehead atoms. The van der Waals surface area contributed by atoms with Crippen molar-refractivity contribution in [2.45, 2.75) is 45.1 Å². The number of hydrogen-bond donors (Lipinski definition) is 2. The van der Waals surface area contributed by atoms with Gasteiger partial charge in [-0.05, 0) is 37.5 Å². The van der Waals surface area contributed by atoms with E-state index >= 15 is 0 Å². The first-order valence-corrected chi connectivity index (χ1v) is 6.88. The van der Waals surface area contributed by atoms with Crippen LogP contribution in [0.2, 0.25) is 0 Å². The van der Waals surface area contributed by atoms with Crippen LogP contribution in [0.1, 0.15) is 39.0 Å². The van der Waals surface area contributed by atoms with Crippen molar-refractivity contribution in [1.29, 1.82) is 0 Å². The number of unbranched alkanes of at least 4 members (excludes halogenated alkanes) is 3. The summed E-state index contributed by atoms with van der Waals surface area (Å²) in [5.74, 6) is 1.48. The van der Waals surface area contributed by atoms with Crippen LogP contribution in [0.5, 0.6) is 0 Å². The first-order chi connectivity index (χ1) is 7.24. The van der Waals surface area contributed by atoms with Crippen LogP contribution in [-0.2, 0) is 0 Å². The van der Waals surface area contributed by atoms with Crippen LogP contribution in [0.25, 0.3) is 0 Å². The molecule has 2 nitrogen and oxygen atoms in total. The zero-order valence-corrected chi connectivity index (χ0v) is 10.8. The molecule has 1 aliphatic heterocycles. The molecule has 1 fully saturated rings. The smallest absolute Gasteiger partial charge is 0.0590 e. The maximum Gasteiger partial charge on any atom is 0.0590 e. The van der Waals surface area contributed by atoms with E-state index in [1.807, 2.05) is 0 Å². The number of aliphatic hydroxyl groups is 1. The van der Waals surface area contributed by atoms with E-state index in [0.29, 0.717) is 5.92 Å². The lowest BCUT2D eigenvalue weighted by Crippen LogP contribution is -2.42. The minimum atomic E-state index is -0.0644. The van der Waals surface area contributed by atoms with Gasteiger partial charge in [0, 0.05) is 13.1 Å². The Morgan fingerprint density at radius 3 is 2.67 bits per heavy atom. The zero-order valence-electron chi connectivity index (χ0n) is 9.86. The van der Waals surface area contributed by atoms with Crippen LogP contribution < -0.4 is 0 Å². The summed E-state index contributed by atoms with van der Waals surface area (Å²) in [5, 5.41) is 9.60. The van der Waals surface area contributed by atoms with Crippen molar-refractivity contribution >= 4 is 12.6 Å². The normalized spacial score (nSPS) is 28.2. The van der Waals surface area contributed by atoms with Crippen LogP contribution in [-0.4, -0.2) is 41.5 Å². The van der Waals surface area contributed by atoms with Gasteiger partial charge in [-0.2, -0.15) is 12.6 Å². The molecular weight excluding hydrogens is 206 g/mol. The summed E-state index contributed by atoms with van der Waals surface area (Å²) >= 11 is 4.21. The fourth-order valence-corrected chi connectivity index (χ4v) is 2.45. The molecule has 0 aliphatic carbocycles. The Bertz CT molecular complexity index is 166. The molecule has 2 unspecified atom stereocenters. The molecular formula is C12H25NOS. The van der Waals surface area contributed by atoms with Gasteiger partial charge >= 0.3 is 0 Å². The highest BCUT2D eigenvalue weighted by Crippen LogP contribution is 2.17. The summed E-state index contributed by atoms with van der Waals surface area (Å²) in [5.41, 5.74) is 0. The largest absolute Gasteiger partial charge is 0.393 e. The highest BCUT2D eigenvalue weighted by Gasteiger charge is 2.23. The summed E-state index contributed by atoms with van der Waals surface area (Å²) < 4.78 is 0. The number of nitrogens with zero attached hydrogens (tertiary/aromatic N) is 1. The topological polar surface area (TPSA) is 23.5 Å². The van der Waals surface area contributed by atoms with Crippen molar-refractivity contribution in [3.63, 3.8) is 0 Å². The summed E-state index contributed by atoms with van der Waals surface area (Å²) in [7, 11) is 0. The maximum absolute atomic E-state index is 9.60. The second-order valence-corrected chi connectivity index (χ2v) is 5.22. The average Bonchev–Trinajstić information content (AvgIpc) is 2.23. The molecule has 90 valence electrons. The fourth-order valence-electron chi connectivity index (χ4n) is 2.22. The second-order valence-electron chi connectivity index (χ2n) is 4.77. The van der Waals surface area contributed by atoms with Gasteiger partial charge in [-0.25, -0.2) is 0 Å². The van der Waals surface area contributed by atoms with E-state index in [-0.39, 0.29) is 6.10 Å². The molecule has 0 radical (unpaired) electrons. The Balaban J connectivity index is 2.02. The van der Waals surface area contributed by atoms with E-state index in [1.165, 1.54) is 32.2 Å². The minimum absolute atomic E-state index is 0.0644. The first-order valence-electron chi connectivity index (χ1n) is 6.25. The molecule has 2 atom stereocenters. The third-order valence-electron chi connectivity index (χ3n) is 3.33. The predicted octanol–water partition coefficient (Wildman–Crippen LogP) is 2.18. The number of thiol groups is 1. The lowest BCUT2D eigenvalue weighted by Gasteiger charge is -2.34. The van der Waals surface area contributed by atoms with Crippen molar-refractivity contribution in [3.8, 4) is 0 Å². The van der Waals surface area contributed by atoms with Gasteiger partial charge in [-0.3, -0.25) is 0 Å². The maximum atomic E-state index is 9.60. The summed E-state index contributed by atoms with van der Waals surface area (Å²) in [6, 6.07) is 0. The minimum Gasteiger partial charge on any atom is -0.393 e. The quantitative estimate of drug-likeness (QED) is 0.541. The van der Waals surface area contributed by atoms with Gasteiger partial charge in [-0.15, -0.1) is 0 Å². The monoisotopic (exact) mass is 231 g/mol. The number of hydrogen-bond acceptors (Lipinski definition) is 3. The van der Waals surface area contributed by atoms with Gasteiger partial charge in [-0.1, -0.05) is 19.8 Å². The molecule has 0 aromatic heterocycles. The van der Waals surface area contributed by atoms with E-state index in [1.54, 1.807) is 0 Å². The molecule has 1 aliphatic rings. The standard InChI is InChI=1S/C12H25NOS/c1-11-10-13(8-6-12(11)14)7-4-2-3-5-9-15/h11-12,14-15H,2-10H2,1H3. The molecule has 0 amide bonds. The van der Waals surface area contributed by atoms with Crippen molar-refractivity contribution in [2.75, 3.05) is 25.4 Å². The Morgan fingerprint density at radius 2 is 2.00 bits per heavy atom. The van der Waals surface area contributed by atoms with Crippen LogP contribution in [0.15, 0.2) is 0 Å². The summed E-state index contributed by atoms with van der Waals surface area (Å²) in [6.45, 7) is 5.52. The zero-order chi connectivity index (χ0) is 11.1. The third-order valence-corrected chi connectivity index (χ3v) is 3.64. The fraction of sp³-hybridized carbons (Fsp3) is 1.00. The van der Waals surface area contributed by atoms with Gasteiger partial charge in [0.2, 0.25) is 0 Å². The summed E-state index contributed by atoms with van der Waals surface area (Å²) in [4.78, 5) is 2.50. The van der Waals surface area contributed by atoms with Gasteiger partial charge in [0.25, 0.3) is 0 Å². The van der Waals surface area contributed by atoms with Gasteiger partial charge < -0.3 is 10.0 Å². The Hall–Kier alpha value is 0.270. The Morgan fingerprint density at radius 1 is 1.27 bits per heavy atom. The Labute approximate surface area is 99.5 Å². The van der Waals surface area contributed by atoms with E-state index in [2.05, 4.69) is 24.5 Å². The third kappa shape index (κ3) is 5.23. The lowest BCUT2D eigenvalue weighted by molar-refractivity contribution is 0.0345. The van der Waals surface area contributed by atoms with Crippen LogP contribution in [0.4, 0.5) is 0 Å². The molecule has 1 heterocycles. The number of aliphatic hydroxyl groups excluding tert-OH is 1. The number of rotatable bonds is 6. The molecule has 0 saturated carbocycles. The molecule has 0 aromatic rings. The highest BCUT2D eigenvalue weighted by molar-refractivity contribution is 7.80. The van der Waals surface area contributed by atoms with E-state index in [0.717, 1.165) is 25.3 Å². The second kappa shape index (κ2) is 7.53. The highest BCUT2D eigenvalue weighted by atomic mass is 32.1. The van der Waals surface area contributed by atoms with Gasteiger partial charge in [0.1, 0.15) is 0 Å². The number of likely N-dealkylation sites (tertiary alicyclic amines) is 1. The van der Waals surface area contributed by atoms with Crippen molar-refractivity contribution in [2.24, 2.45) is 5.92 Å². The molecule has 0 spiro atoms. The molecule has 1 N–H and O–H groups in total. The van der Waals surface area contributed by atoms with E-state index < -0.39 is 0 Å². The van der Waals surface area contributed by atoms with E-state index in [9.17, 15) is 5.11 Å². The molecule has 1 saturated heterocycles. The van der Waals surface area contributed by atoms with Gasteiger partial charge in [0.05, 0.1) is 6.10 Å². The Kier molecular flexibility index (Phi) is 6.69. The molecule has 1 rings (SSSR count). The predicted molar refractivity (Wildman–Crippen MR) is 68.5 cm³/mol. The number of piperidine rings is 1. The average molecular weight is 231 g/mol. The van der Waals surface area contributed by atoms with Crippen LogP contribution in [0, 0.1) is 5.92 Å². The lowest BCUT2D eigenvalue weighted by atomic mass is 9.96. The van der Waals surface area contributed by atoms with Crippen molar-refractivity contribution < 1.29 is 5.11 Å². The van der Waals surface area contributed by atoms with Crippen molar-refractivity contribution in [1.82, 2.24) is 4.90 Å². The molecule has 0 aromatic carbocycles. The van der Waals surface area contributed by atoms with Crippen molar-refractivity contribution in [3.05, 3.63) is 0 Å².